The highest BCUT2D eigenvalue weighted by molar-refractivity contribution is 14.0. The van der Waals surface area contributed by atoms with Gasteiger partial charge in [-0.05, 0) is 37.6 Å². The van der Waals surface area contributed by atoms with Crippen LogP contribution in [-0.2, 0) is 21.2 Å². The molecule has 0 amide bonds. The zero-order valence-electron chi connectivity index (χ0n) is 16.3. The molecule has 2 N–H and O–H groups in total. The van der Waals surface area contributed by atoms with Gasteiger partial charge >= 0.3 is 0 Å². The quantitative estimate of drug-likeness (QED) is 0.198. The Morgan fingerprint density at radius 3 is 2.69 bits per heavy atom. The second kappa shape index (κ2) is 13.5. The van der Waals surface area contributed by atoms with Crippen molar-refractivity contribution in [2.24, 2.45) is 4.99 Å². The lowest BCUT2D eigenvalue weighted by Gasteiger charge is -2.12. The molecular formula is C19H27FIN3O4S. The van der Waals surface area contributed by atoms with Crippen LogP contribution in [0.4, 0.5) is 4.39 Å². The predicted molar refractivity (Wildman–Crippen MR) is 121 cm³/mol. The van der Waals surface area contributed by atoms with Crippen molar-refractivity contribution in [1.82, 2.24) is 10.6 Å². The molecule has 0 aliphatic carbocycles. The van der Waals surface area contributed by atoms with Crippen molar-refractivity contribution in [3.05, 3.63) is 54.2 Å². The number of hydrogen-bond donors (Lipinski definition) is 2. The van der Waals surface area contributed by atoms with E-state index in [0.717, 1.165) is 11.8 Å². The van der Waals surface area contributed by atoms with Crippen molar-refractivity contribution in [2.45, 2.75) is 24.8 Å². The zero-order chi connectivity index (χ0) is 20.2. The highest BCUT2D eigenvalue weighted by atomic mass is 127. The maximum absolute atomic E-state index is 13.7. The first kappa shape index (κ1) is 25.4. The first-order chi connectivity index (χ1) is 13.5. The maximum Gasteiger partial charge on any atom is 0.191 e. The smallest absolute Gasteiger partial charge is 0.191 e. The van der Waals surface area contributed by atoms with Gasteiger partial charge in [0.1, 0.15) is 23.1 Å². The number of halogens is 2. The number of guanidine groups is 1. The van der Waals surface area contributed by atoms with Crippen LogP contribution in [0.25, 0.3) is 0 Å². The minimum absolute atomic E-state index is 0. The van der Waals surface area contributed by atoms with E-state index in [0.29, 0.717) is 38.7 Å². The van der Waals surface area contributed by atoms with Gasteiger partial charge in [-0.2, -0.15) is 0 Å². The van der Waals surface area contributed by atoms with Crippen LogP contribution < -0.4 is 10.6 Å². The number of rotatable bonds is 11. The summed E-state index contributed by atoms with van der Waals surface area (Å²) in [4.78, 5) is 4.10. The first-order valence-corrected chi connectivity index (χ1v) is 10.8. The monoisotopic (exact) mass is 539 g/mol. The molecule has 2 aromatic rings. The van der Waals surface area contributed by atoms with Crippen LogP contribution >= 0.6 is 24.0 Å². The fourth-order valence-electron chi connectivity index (χ4n) is 2.38. The van der Waals surface area contributed by atoms with E-state index in [1.54, 1.807) is 6.26 Å². The summed E-state index contributed by atoms with van der Waals surface area (Å²) in [5, 5.41) is 6.01. The van der Waals surface area contributed by atoms with Crippen LogP contribution in [0.3, 0.4) is 0 Å². The molecule has 1 aromatic carbocycles. The molecule has 0 spiro atoms. The molecule has 0 bridgehead atoms. The minimum Gasteiger partial charge on any atom is -0.467 e. The Kier molecular flexibility index (Phi) is 11.9. The van der Waals surface area contributed by atoms with E-state index in [-0.39, 0.29) is 41.2 Å². The summed E-state index contributed by atoms with van der Waals surface area (Å²) < 4.78 is 48.9. The average molecular weight is 539 g/mol. The number of furan rings is 1. The number of aliphatic imine (C=N–C) groups is 1. The van der Waals surface area contributed by atoms with Crippen LogP contribution in [0.15, 0.2) is 57.0 Å². The number of nitrogens with one attached hydrogen (secondary N) is 2. The highest BCUT2D eigenvalue weighted by Crippen LogP contribution is 2.14. The van der Waals surface area contributed by atoms with Gasteiger partial charge in [0.2, 0.25) is 0 Å². The summed E-state index contributed by atoms with van der Waals surface area (Å²) in [6.45, 7) is 4.15. The molecule has 0 atom stereocenters. The van der Waals surface area contributed by atoms with Gasteiger partial charge in [0.05, 0.1) is 12.0 Å². The lowest BCUT2D eigenvalue weighted by molar-refractivity contribution is 0.105. The van der Waals surface area contributed by atoms with Crippen LogP contribution in [0.1, 0.15) is 19.1 Å². The van der Waals surface area contributed by atoms with Crippen molar-refractivity contribution in [3.63, 3.8) is 0 Å². The molecule has 162 valence electrons. The van der Waals surface area contributed by atoms with Crippen LogP contribution in [0.2, 0.25) is 0 Å². The molecule has 0 aliphatic heterocycles. The lowest BCUT2D eigenvalue weighted by Crippen LogP contribution is -2.39. The lowest BCUT2D eigenvalue weighted by atomic mass is 10.3. The Bertz CT molecular complexity index is 845. The Hall–Kier alpha value is -1.66. The summed E-state index contributed by atoms with van der Waals surface area (Å²) in [5.74, 6) is 0.314. The molecule has 0 fully saturated rings. The summed E-state index contributed by atoms with van der Waals surface area (Å²) in [7, 11) is -3.70. The third kappa shape index (κ3) is 9.13. The third-order valence-electron chi connectivity index (χ3n) is 3.72. The van der Waals surface area contributed by atoms with E-state index >= 15 is 0 Å². The topological polar surface area (TPSA) is 92.9 Å². The summed E-state index contributed by atoms with van der Waals surface area (Å²) in [6.07, 6.45) is 2.31. The van der Waals surface area contributed by atoms with E-state index in [9.17, 15) is 12.8 Å². The molecule has 29 heavy (non-hydrogen) atoms. The maximum atomic E-state index is 13.7. The molecule has 1 aromatic heterocycles. The molecule has 10 heteroatoms. The molecule has 0 unspecified atom stereocenters. The Morgan fingerprint density at radius 1 is 1.21 bits per heavy atom. The fraction of sp³-hybridized carbons (Fsp3) is 0.421. The SMILES string of the molecule is CCNC(=NCCCOCc1ccco1)NCCS(=O)(=O)c1ccccc1F.I. The number of benzene rings is 1. The number of sulfone groups is 1. The molecule has 1 heterocycles. The second-order valence-corrected chi connectivity index (χ2v) is 8.00. The first-order valence-electron chi connectivity index (χ1n) is 9.12. The predicted octanol–water partition coefficient (Wildman–Crippen LogP) is 2.97. The number of hydrogen-bond acceptors (Lipinski definition) is 5. The van der Waals surface area contributed by atoms with Crippen molar-refractivity contribution in [3.8, 4) is 0 Å². The fourth-order valence-corrected chi connectivity index (χ4v) is 3.62. The summed E-state index contributed by atoms with van der Waals surface area (Å²) >= 11 is 0. The van der Waals surface area contributed by atoms with Gasteiger partial charge < -0.3 is 19.8 Å². The van der Waals surface area contributed by atoms with Gasteiger partial charge in [0.15, 0.2) is 15.8 Å². The van der Waals surface area contributed by atoms with Gasteiger partial charge in [0.25, 0.3) is 0 Å². The highest BCUT2D eigenvalue weighted by Gasteiger charge is 2.18. The van der Waals surface area contributed by atoms with E-state index in [4.69, 9.17) is 9.15 Å². The van der Waals surface area contributed by atoms with Gasteiger partial charge in [-0.15, -0.1) is 24.0 Å². The summed E-state index contributed by atoms with van der Waals surface area (Å²) in [6, 6.07) is 9.03. The van der Waals surface area contributed by atoms with E-state index in [1.807, 2.05) is 19.1 Å². The van der Waals surface area contributed by atoms with Gasteiger partial charge in [-0.3, -0.25) is 4.99 Å². The number of nitrogens with zero attached hydrogens (tertiary/aromatic N) is 1. The van der Waals surface area contributed by atoms with Crippen LogP contribution in [0, 0.1) is 5.82 Å². The van der Waals surface area contributed by atoms with Gasteiger partial charge in [-0.25, -0.2) is 12.8 Å². The second-order valence-electron chi connectivity index (χ2n) is 5.92. The normalized spacial score (nSPS) is 11.7. The molecule has 0 saturated heterocycles. The van der Waals surface area contributed by atoms with Crippen LogP contribution in [-0.4, -0.2) is 46.4 Å². The Morgan fingerprint density at radius 2 is 2.00 bits per heavy atom. The van der Waals surface area contributed by atoms with Crippen molar-refractivity contribution >= 4 is 39.8 Å². The van der Waals surface area contributed by atoms with E-state index in [1.165, 1.54) is 18.2 Å². The average Bonchev–Trinajstić information content (AvgIpc) is 3.18. The van der Waals surface area contributed by atoms with Crippen molar-refractivity contribution in [2.75, 3.05) is 32.0 Å². The Labute approximate surface area is 188 Å². The molecule has 7 nitrogen and oxygen atoms in total. The van der Waals surface area contributed by atoms with Crippen molar-refractivity contribution < 1.29 is 22.0 Å². The third-order valence-corrected chi connectivity index (χ3v) is 5.46. The van der Waals surface area contributed by atoms with Crippen LogP contribution in [0.5, 0.6) is 0 Å². The minimum atomic E-state index is -3.70. The number of ether oxygens (including phenoxy) is 1. The molecule has 0 saturated carbocycles. The molecule has 0 radical (unpaired) electrons. The largest absolute Gasteiger partial charge is 0.467 e. The zero-order valence-corrected chi connectivity index (χ0v) is 19.4. The van der Waals surface area contributed by atoms with Crippen molar-refractivity contribution in [1.29, 1.82) is 0 Å². The molecule has 2 rings (SSSR count). The van der Waals surface area contributed by atoms with E-state index < -0.39 is 15.7 Å². The van der Waals surface area contributed by atoms with Gasteiger partial charge in [-0.1, -0.05) is 12.1 Å². The molecule has 0 aliphatic rings. The molecular weight excluding hydrogens is 512 g/mol. The van der Waals surface area contributed by atoms with E-state index in [2.05, 4.69) is 15.6 Å². The Balaban J connectivity index is 0.00000420. The standard InChI is InChI=1S/C19H26FN3O4S.HI/c1-2-21-19(22-10-6-12-26-15-16-7-5-13-27-16)23-11-14-28(24,25)18-9-4-3-8-17(18)20;/h3-5,7-9,13H,2,6,10-12,14-15H2,1H3,(H2,21,22,23);1H. The van der Waals surface area contributed by atoms with Gasteiger partial charge in [0, 0.05) is 26.2 Å². The summed E-state index contributed by atoms with van der Waals surface area (Å²) in [5.41, 5.74) is 0.